The highest BCUT2D eigenvalue weighted by Gasteiger charge is 2.24. The van der Waals surface area contributed by atoms with E-state index < -0.39 is 0 Å². The first-order valence-electron chi connectivity index (χ1n) is 23.9. The van der Waals surface area contributed by atoms with E-state index in [0.29, 0.717) is 17.5 Å². The van der Waals surface area contributed by atoms with E-state index in [4.69, 9.17) is 19.4 Å². The van der Waals surface area contributed by atoms with Gasteiger partial charge in [-0.25, -0.2) is 15.0 Å². The maximum Gasteiger partial charge on any atom is 0.165 e. The van der Waals surface area contributed by atoms with Crippen LogP contribution >= 0.6 is 11.3 Å². The summed E-state index contributed by atoms with van der Waals surface area (Å²) in [6.07, 6.45) is 0. The Morgan fingerprint density at radius 3 is 1.58 bits per heavy atom. The van der Waals surface area contributed by atoms with Gasteiger partial charge in [0.15, 0.2) is 17.5 Å². The van der Waals surface area contributed by atoms with E-state index in [0.717, 1.165) is 82.3 Å². The molecule has 0 saturated heterocycles. The van der Waals surface area contributed by atoms with Crippen LogP contribution in [0.5, 0.6) is 0 Å². The fourth-order valence-corrected chi connectivity index (χ4v) is 12.1. The summed E-state index contributed by atoms with van der Waals surface area (Å²) in [7, 11) is 0. The van der Waals surface area contributed by atoms with Crippen LogP contribution < -0.4 is 0 Å². The second kappa shape index (κ2) is 15.7. The zero-order chi connectivity index (χ0) is 46.6. The highest BCUT2D eigenvalue weighted by Crippen LogP contribution is 2.45. The van der Waals surface area contributed by atoms with Crippen molar-refractivity contribution in [2.75, 3.05) is 0 Å². The average Bonchev–Trinajstić information content (AvgIpc) is 4.10. The van der Waals surface area contributed by atoms with Gasteiger partial charge in [-0.2, -0.15) is 0 Å². The second-order valence-corrected chi connectivity index (χ2v) is 19.4. The van der Waals surface area contributed by atoms with E-state index in [1.165, 1.54) is 47.8 Å². The van der Waals surface area contributed by atoms with Gasteiger partial charge < -0.3 is 8.98 Å². The molecule has 71 heavy (non-hydrogen) atoms. The maximum atomic E-state index is 7.00. The van der Waals surface area contributed by atoms with Gasteiger partial charge in [0, 0.05) is 70.0 Å². The summed E-state index contributed by atoms with van der Waals surface area (Å²) in [5, 5.41) is 11.6. The molecule has 0 N–H and O–H groups in total. The van der Waals surface area contributed by atoms with Crippen LogP contribution in [0.3, 0.4) is 0 Å². The Balaban J connectivity index is 0.988. The molecule has 4 heterocycles. The topological polar surface area (TPSA) is 56.7 Å². The standard InChI is InChI=1S/C65H38N4OS/c1-3-15-39(16-4-1)40-29-31-42(32-30-40)63-66-64(68-65(67-63)50-26-13-24-48-47-23-11-12-28-60(47)71-62(48)50)49-25-14-27-58-61(49)54-37-51(41-17-5-2-6-18-41)57(38-59(54)70-58)69-55-35-45-21-9-7-19-43(45)33-52(55)53-34-44-20-8-10-22-46(44)36-56(53)69/h1-38H. The zero-order valence-electron chi connectivity index (χ0n) is 38.0. The maximum absolute atomic E-state index is 7.00. The van der Waals surface area contributed by atoms with Gasteiger partial charge in [-0.05, 0) is 86.8 Å². The Labute approximate surface area is 411 Å². The summed E-state index contributed by atoms with van der Waals surface area (Å²) in [4.78, 5) is 16.1. The third-order valence-electron chi connectivity index (χ3n) is 14.2. The Morgan fingerprint density at radius 1 is 0.338 bits per heavy atom. The molecule has 15 aromatic rings. The van der Waals surface area contributed by atoms with Crippen molar-refractivity contribution in [3.8, 4) is 62.1 Å². The number of hydrogen-bond acceptors (Lipinski definition) is 5. The van der Waals surface area contributed by atoms with Gasteiger partial charge in [0.05, 0.1) is 16.7 Å². The summed E-state index contributed by atoms with van der Waals surface area (Å²) in [6, 6.07) is 82.2. The van der Waals surface area contributed by atoms with Crippen LogP contribution in [0.15, 0.2) is 235 Å². The minimum Gasteiger partial charge on any atom is -0.456 e. The van der Waals surface area contributed by atoms with Crippen molar-refractivity contribution in [2.45, 2.75) is 0 Å². The van der Waals surface area contributed by atoms with Crippen molar-refractivity contribution < 1.29 is 4.42 Å². The molecule has 0 aliphatic carbocycles. The van der Waals surface area contributed by atoms with Crippen LogP contribution in [0.4, 0.5) is 0 Å². The van der Waals surface area contributed by atoms with E-state index in [2.05, 4.69) is 223 Å². The number of hydrogen-bond donors (Lipinski definition) is 0. The minimum atomic E-state index is 0.579. The quantitative estimate of drug-likeness (QED) is 0.167. The van der Waals surface area contributed by atoms with Gasteiger partial charge >= 0.3 is 0 Å². The van der Waals surface area contributed by atoms with Gasteiger partial charge in [0.2, 0.25) is 0 Å². The minimum absolute atomic E-state index is 0.579. The van der Waals surface area contributed by atoms with E-state index in [1.54, 1.807) is 11.3 Å². The van der Waals surface area contributed by atoms with Crippen LogP contribution in [0, 0.1) is 0 Å². The van der Waals surface area contributed by atoms with E-state index in [1.807, 2.05) is 12.1 Å². The molecule has 0 bridgehead atoms. The molecule has 0 saturated carbocycles. The third-order valence-corrected chi connectivity index (χ3v) is 15.4. The molecular formula is C65H38N4OS. The molecule has 330 valence electrons. The molecule has 15 rings (SSSR count). The number of fused-ring (bicyclic) bond motifs is 11. The molecule has 0 radical (unpaired) electrons. The smallest absolute Gasteiger partial charge is 0.165 e. The van der Waals surface area contributed by atoms with Gasteiger partial charge in [0.1, 0.15) is 11.2 Å². The Morgan fingerprint density at radius 2 is 0.873 bits per heavy atom. The largest absolute Gasteiger partial charge is 0.456 e. The van der Waals surface area contributed by atoms with Gasteiger partial charge in [0.25, 0.3) is 0 Å². The lowest BCUT2D eigenvalue weighted by molar-refractivity contribution is 0.668. The van der Waals surface area contributed by atoms with Gasteiger partial charge in [-0.1, -0.05) is 176 Å². The molecule has 0 spiro atoms. The first-order valence-corrected chi connectivity index (χ1v) is 24.7. The highest BCUT2D eigenvalue weighted by molar-refractivity contribution is 7.26. The van der Waals surface area contributed by atoms with Crippen LogP contribution in [-0.4, -0.2) is 19.5 Å². The number of benzene rings is 11. The molecule has 5 nitrogen and oxygen atoms in total. The zero-order valence-corrected chi connectivity index (χ0v) is 38.9. The average molecular weight is 923 g/mol. The molecule has 0 amide bonds. The van der Waals surface area contributed by atoms with Crippen molar-refractivity contribution in [3.63, 3.8) is 0 Å². The highest BCUT2D eigenvalue weighted by atomic mass is 32.1. The fourth-order valence-electron chi connectivity index (χ4n) is 10.8. The molecule has 0 aliphatic heterocycles. The molecule has 0 unspecified atom stereocenters. The lowest BCUT2D eigenvalue weighted by Gasteiger charge is -2.15. The second-order valence-electron chi connectivity index (χ2n) is 18.3. The lowest BCUT2D eigenvalue weighted by Crippen LogP contribution is -2.00. The van der Waals surface area contributed by atoms with Crippen molar-refractivity contribution in [1.29, 1.82) is 0 Å². The van der Waals surface area contributed by atoms with Crippen molar-refractivity contribution in [3.05, 3.63) is 231 Å². The van der Waals surface area contributed by atoms with Gasteiger partial charge in [-0.3, -0.25) is 0 Å². The fraction of sp³-hybridized carbons (Fsp3) is 0. The van der Waals surface area contributed by atoms with Crippen LogP contribution in [-0.2, 0) is 0 Å². The van der Waals surface area contributed by atoms with Crippen molar-refractivity contribution in [1.82, 2.24) is 19.5 Å². The van der Waals surface area contributed by atoms with Crippen LogP contribution in [0.1, 0.15) is 0 Å². The SMILES string of the molecule is c1ccc(-c2ccc(-c3nc(-c4cccc5c4sc4ccccc45)nc(-c4cccc5oc6cc(-n7c8cc9ccccc9cc8c8cc9ccccc9cc87)c(-c7ccccc7)cc6c45)n3)cc2)cc1. The number of thiophene rings is 1. The summed E-state index contributed by atoms with van der Waals surface area (Å²) < 4.78 is 11.8. The Bertz CT molecular complexity index is 4530. The lowest BCUT2D eigenvalue weighted by atomic mass is 9.98. The first kappa shape index (κ1) is 39.7. The molecule has 11 aromatic carbocycles. The molecule has 6 heteroatoms. The number of rotatable bonds is 6. The summed E-state index contributed by atoms with van der Waals surface area (Å²) in [5.41, 5.74) is 12.1. The summed E-state index contributed by atoms with van der Waals surface area (Å²) >= 11 is 1.78. The van der Waals surface area contributed by atoms with Crippen molar-refractivity contribution >= 4 is 96.8 Å². The third kappa shape index (κ3) is 6.35. The van der Waals surface area contributed by atoms with E-state index in [9.17, 15) is 0 Å². The summed E-state index contributed by atoms with van der Waals surface area (Å²) in [5.74, 6) is 1.80. The molecule has 0 fully saturated rings. The monoisotopic (exact) mass is 922 g/mol. The first-order chi connectivity index (χ1) is 35.2. The Hall–Kier alpha value is -9.23. The molecule has 4 aromatic heterocycles. The number of nitrogens with zero attached hydrogens (tertiary/aromatic N) is 4. The van der Waals surface area contributed by atoms with E-state index in [-0.39, 0.29) is 0 Å². The van der Waals surface area contributed by atoms with E-state index >= 15 is 0 Å². The number of furan rings is 1. The van der Waals surface area contributed by atoms with Crippen molar-refractivity contribution in [2.24, 2.45) is 0 Å². The van der Waals surface area contributed by atoms with Crippen LogP contribution in [0.25, 0.3) is 148 Å². The molecular weight excluding hydrogens is 885 g/mol. The predicted octanol–water partition coefficient (Wildman–Crippen LogP) is 17.9. The molecule has 0 atom stereocenters. The number of aromatic nitrogens is 4. The normalized spacial score (nSPS) is 11.9. The predicted molar refractivity (Wildman–Crippen MR) is 297 cm³/mol. The Kier molecular flexibility index (Phi) is 8.76. The molecule has 0 aliphatic rings. The summed E-state index contributed by atoms with van der Waals surface area (Å²) in [6.45, 7) is 0. The van der Waals surface area contributed by atoms with Gasteiger partial charge in [-0.15, -0.1) is 11.3 Å². The van der Waals surface area contributed by atoms with Crippen LogP contribution in [0.2, 0.25) is 0 Å².